The van der Waals surface area contributed by atoms with Crippen LogP contribution < -0.4 is 4.74 Å². The summed E-state index contributed by atoms with van der Waals surface area (Å²) in [4.78, 5) is 32.6. The number of hydrogen-bond donors (Lipinski definition) is 0. The summed E-state index contributed by atoms with van der Waals surface area (Å²) in [6, 6.07) is 9.33. The summed E-state index contributed by atoms with van der Waals surface area (Å²) in [5, 5.41) is 3.65. The number of carbonyl (C=O) groups excluding carboxylic acids is 2. The van der Waals surface area contributed by atoms with Crippen molar-refractivity contribution < 1.29 is 32.4 Å². The zero-order chi connectivity index (χ0) is 20.6. The van der Waals surface area contributed by atoms with Gasteiger partial charge in [0.1, 0.15) is 5.75 Å². The van der Waals surface area contributed by atoms with Crippen LogP contribution in [0.4, 0.5) is 8.78 Å². The second-order valence-corrected chi connectivity index (χ2v) is 6.07. The van der Waals surface area contributed by atoms with Gasteiger partial charge in [0.25, 0.3) is 11.8 Å². The van der Waals surface area contributed by atoms with Gasteiger partial charge < -0.3 is 23.8 Å². The topological polar surface area (TPSA) is 84.6 Å². The Hall–Kier alpha value is -3.43. The SMILES string of the molecule is O=C(CO/N=C/c1ccccc1OC(F)F)N1CCN(C(=O)c2ccco2)CC1. The van der Waals surface area contributed by atoms with E-state index in [0.717, 1.165) is 0 Å². The minimum atomic E-state index is -2.95. The third-order valence-electron chi connectivity index (χ3n) is 4.24. The Balaban J connectivity index is 1.44. The first-order valence-corrected chi connectivity index (χ1v) is 8.84. The first-order valence-electron chi connectivity index (χ1n) is 8.84. The van der Waals surface area contributed by atoms with Crippen molar-refractivity contribution in [3.05, 3.63) is 54.0 Å². The number of furan rings is 1. The van der Waals surface area contributed by atoms with Gasteiger partial charge in [-0.05, 0) is 24.3 Å². The average molecular weight is 407 g/mol. The molecule has 0 saturated carbocycles. The first kappa shape index (κ1) is 20.3. The summed E-state index contributed by atoms with van der Waals surface area (Å²) in [5.41, 5.74) is 0.297. The lowest BCUT2D eigenvalue weighted by Gasteiger charge is -2.34. The predicted octanol–water partition coefficient (Wildman–Crippen LogP) is 2.22. The Kier molecular flexibility index (Phi) is 6.77. The van der Waals surface area contributed by atoms with Crippen molar-refractivity contribution in [2.45, 2.75) is 6.61 Å². The summed E-state index contributed by atoms with van der Waals surface area (Å²) in [6.07, 6.45) is 2.63. The standard InChI is InChI=1S/C19H19F2N3O5/c20-19(21)29-15-5-2-1-4-14(15)12-22-28-13-17(25)23-7-9-24(10-8-23)18(26)16-6-3-11-27-16/h1-6,11-12,19H,7-10,13H2/b22-12+. The Morgan fingerprint density at radius 2 is 1.83 bits per heavy atom. The highest BCUT2D eigenvalue weighted by Crippen LogP contribution is 2.18. The van der Waals surface area contributed by atoms with Crippen molar-refractivity contribution in [3.63, 3.8) is 0 Å². The molecule has 8 nitrogen and oxygen atoms in total. The number of piperazine rings is 1. The number of amides is 2. The van der Waals surface area contributed by atoms with Crippen molar-refractivity contribution in [3.8, 4) is 5.75 Å². The fourth-order valence-electron chi connectivity index (χ4n) is 2.78. The number of hydrogen-bond acceptors (Lipinski definition) is 6. The van der Waals surface area contributed by atoms with Gasteiger partial charge in [-0.2, -0.15) is 8.78 Å². The molecule has 1 aromatic carbocycles. The fraction of sp³-hybridized carbons (Fsp3) is 0.316. The maximum absolute atomic E-state index is 12.4. The molecule has 1 saturated heterocycles. The number of nitrogens with zero attached hydrogens (tertiary/aromatic N) is 3. The highest BCUT2D eigenvalue weighted by atomic mass is 19.3. The van der Waals surface area contributed by atoms with E-state index in [0.29, 0.717) is 31.7 Å². The minimum absolute atomic E-state index is 0.0430. The minimum Gasteiger partial charge on any atom is -0.459 e. The molecule has 3 rings (SSSR count). The second kappa shape index (κ2) is 9.67. The van der Waals surface area contributed by atoms with Gasteiger partial charge >= 0.3 is 6.61 Å². The first-order chi connectivity index (χ1) is 14.0. The third-order valence-corrected chi connectivity index (χ3v) is 4.24. The van der Waals surface area contributed by atoms with E-state index in [1.54, 1.807) is 34.1 Å². The maximum atomic E-state index is 12.4. The van der Waals surface area contributed by atoms with E-state index < -0.39 is 6.61 Å². The van der Waals surface area contributed by atoms with Crippen LogP contribution in [0, 0.1) is 0 Å². The molecule has 2 amide bonds. The number of alkyl halides is 2. The Morgan fingerprint density at radius 3 is 2.52 bits per heavy atom. The summed E-state index contributed by atoms with van der Waals surface area (Å²) in [5.74, 6) is -0.283. The van der Waals surface area contributed by atoms with Crippen LogP contribution in [0.5, 0.6) is 5.75 Å². The maximum Gasteiger partial charge on any atom is 0.387 e. The average Bonchev–Trinajstić information content (AvgIpc) is 3.26. The second-order valence-electron chi connectivity index (χ2n) is 6.07. The number of benzene rings is 1. The molecule has 0 unspecified atom stereocenters. The van der Waals surface area contributed by atoms with Crippen molar-refractivity contribution in [2.24, 2.45) is 5.16 Å². The van der Waals surface area contributed by atoms with Crippen LogP contribution >= 0.6 is 0 Å². The monoisotopic (exact) mass is 407 g/mol. The molecule has 0 aliphatic carbocycles. The molecule has 1 aliphatic heterocycles. The quantitative estimate of drug-likeness (QED) is 0.519. The van der Waals surface area contributed by atoms with E-state index in [4.69, 9.17) is 9.25 Å². The van der Waals surface area contributed by atoms with Crippen LogP contribution in [0.3, 0.4) is 0 Å². The van der Waals surface area contributed by atoms with Gasteiger partial charge in [0.05, 0.1) is 12.5 Å². The van der Waals surface area contributed by atoms with Crippen molar-refractivity contribution in [1.29, 1.82) is 0 Å². The van der Waals surface area contributed by atoms with Crippen molar-refractivity contribution >= 4 is 18.0 Å². The van der Waals surface area contributed by atoms with E-state index in [9.17, 15) is 18.4 Å². The normalized spacial score (nSPS) is 14.4. The van der Waals surface area contributed by atoms with E-state index in [1.165, 1.54) is 24.6 Å². The van der Waals surface area contributed by atoms with Crippen molar-refractivity contribution in [2.75, 3.05) is 32.8 Å². The van der Waals surface area contributed by atoms with Gasteiger partial charge in [-0.15, -0.1) is 0 Å². The number of para-hydroxylation sites is 1. The lowest BCUT2D eigenvalue weighted by Crippen LogP contribution is -2.51. The largest absolute Gasteiger partial charge is 0.459 e. The van der Waals surface area contributed by atoms with E-state index in [-0.39, 0.29) is 29.9 Å². The lowest BCUT2D eigenvalue weighted by atomic mass is 10.2. The molecule has 0 bridgehead atoms. The molecular formula is C19H19F2N3O5. The van der Waals surface area contributed by atoms with Gasteiger partial charge in [-0.3, -0.25) is 9.59 Å². The van der Waals surface area contributed by atoms with Crippen molar-refractivity contribution in [1.82, 2.24) is 9.80 Å². The third kappa shape index (κ3) is 5.53. The van der Waals surface area contributed by atoms with Gasteiger partial charge in [0.2, 0.25) is 0 Å². The highest BCUT2D eigenvalue weighted by molar-refractivity contribution is 5.91. The molecular weight excluding hydrogens is 388 g/mol. The summed E-state index contributed by atoms with van der Waals surface area (Å²) >= 11 is 0. The molecule has 0 radical (unpaired) electrons. The number of carbonyl (C=O) groups is 2. The lowest BCUT2D eigenvalue weighted by molar-refractivity contribution is -0.137. The summed E-state index contributed by atoms with van der Waals surface area (Å²) in [6.45, 7) is -1.77. The molecule has 10 heteroatoms. The van der Waals surface area contributed by atoms with Crippen LogP contribution in [0.25, 0.3) is 0 Å². The summed E-state index contributed by atoms with van der Waals surface area (Å²) in [7, 11) is 0. The zero-order valence-corrected chi connectivity index (χ0v) is 15.4. The molecule has 2 aromatic rings. The summed E-state index contributed by atoms with van der Waals surface area (Å²) < 4.78 is 34.2. The van der Waals surface area contributed by atoms with Crippen LogP contribution in [0.15, 0.2) is 52.2 Å². The van der Waals surface area contributed by atoms with E-state index in [1.807, 2.05) is 0 Å². The molecule has 154 valence electrons. The Bertz CT molecular complexity index is 849. The van der Waals surface area contributed by atoms with Gasteiger partial charge in [-0.1, -0.05) is 17.3 Å². The molecule has 29 heavy (non-hydrogen) atoms. The van der Waals surface area contributed by atoms with Crippen LogP contribution in [-0.4, -0.2) is 67.2 Å². The Morgan fingerprint density at radius 1 is 1.10 bits per heavy atom. The number of rotatable bonds is 7. The molecule has 0 N–H and O–H groups in total. The highest BCUT2D eigenvalue weighted by Gasteiger charge is 2.26. The zero-order valence-electron chi connectivity index (χ0n) is 15.4. The van der Waals surface area contributed by atoms with Crippen LogP contribution in [0.1, 0.15) is 16.1 Å². The van der Waals surface area contributed by atoms with Crippen LogP contribution in [-0.2, 0) is 9.63 Å². The number of oxime groups is 1. The Labute approximate surface area is 165 Å². The molecule has 1 aliphatic rings. The molecule has 1 fully saturated rings. The number of halogens is 2. The van der Waals surface area contributed by atoms with E-state index >= 15 is 0 Å². The van der Waals surface area contributed by atoms with Gasteiger partial charge in [0.15, 0.2) is 12.4 Å². The fourth-order valence-corrected chi connectivity index (χ4v) is 2.78. The van der Waals surface area contributed by atoms with Gasteiger partial charge in [-0.25, -0.2) is 0 Å². The molecule has 0 atom stereocenters. The van der Waals surface area contributed by atoms with E-state index in [2.05, 4.69) is 9.89 Å². The molecule has 0 spiro atoms. The van der Waals surface area contributed by atoms with Crippen LogP contribution in [0.2, 0.25) is 0 Å². The molecule has 2 heterocycles. The van der Waals surface area contributed by atoms with Gasteiger partial charge in [0, 0.05) is 31.7 Å². The molecule has 1 aromatic heterocycles. The smallest absolute Gasteiger partial charge is 0.387 e. The predicted molar refractivity (Wildman–Crippen MR) is 97.8 cm³/mol. The number of ether oxygens (including phenoxy) is 1.